The molecule has 1 fully saturated rings. The van der Waals surface area contributed by atoms with Crippen LogP contribution in [0.15, 0.2) is 77.8 Å². The fourth-order valence-electron chi connectivity index (χ4n) is 3.61. The summed E-state index contributed by atoms with van der Waals surface area (Å²) in [6.45, 7) is 2.68. The molecule has 3 aromatic carbocycles. The Balaban J connectivity index is 1.59. The third kappa shape index (κ3) is 6.38. The van der Waals surface area contributed by atoms with Crippen molar-refractivity contribution in [2.75, 3.05) is 19.0 Å². The maximum atomic E-state index is 13.3. The summed E-state index contributed by atoms with van der Waals surface area (Å²) in [5.41, 5.74) is 2.04. The van der Waals surface area contributed by atoms with Crippen LogP contribution in [0.4, 0.5) is 11.4 Å². The Morgan fingerprint density at radius 1 is 1.11 bits per heavy atom. The number of amides is 2. The van der Waals surface area contributed by atoms with E-state index in [-0.39, 0.29) is 24.8 Å². The molecule has 1 heterocycles. The molecular formula is C27H26ClN3O4S. The molecule has 1 atom stereocenters. The Kier molecular flexibility index (Phi) is 8.51. The number of carbonyl (C=O) groups is 2. The summed E-state index contributed by atoms with van der Waals surface area (Å²) in [4.78, 5) is 32.7. The lowest BCUT2D eigenvalue weighted by molar-refractivity contribution is -0.129. The first-order valence-electron chi connectivity index (χ1n) is 11.4. The van der Waals surface area contributed by atoms with Crippen LogP contribution in [0, 0.1) is 0 Å². The van der Waals surface area contributed by atoms with E-state index in [0.29, 0.717) is 39.7 Å². The Morgan fingerprint density at radius 2 is 1.89 bits per heavy atom. The molecule has 1 aliphatic rings. The standard InChI is InChI=1S/C27H26ClN3O4S/c1-3-35-22-9-6-8-20(15-22)29-26(33)24-16-25(32)31(17-18-7-4-5-10-23(18)28)27(36-24)30-19-11-13-21(34-2)14-12-19/h4-15,24H,3,16-17H2,1-2H3,(H,29,33). The molecule has 36 heavy (non-hydrogen) atoms. The molecule has 1 N–H and O–H groups in total. The van der Waals surface area contributed by atoms with Gasteiger partial charge < -0.3 is 14.8 Å². The SMILES string of the molecule is CCOc1cccc(NC(=O)C2CC(=O)N(Cc3ccccc3Cl)C(=Nc3ccc(OC)cc3)S2)c1. The average Bonchev–Trinajstić information content (AvgIpc) is 2.88. The first kappa shape index (κ1) is 25.6. The number of carbonyl (C=O) groups excluding carboxylic acids is 2. The molecule has 1 saturated heterocycles. The molecule has 7 nitrogen and oxygen atoms in total. The zero-order valence-corrected chi connectivity index (χ0v) is 21.5. The molecular weight excluding hydrogens is 498 g/mol. The van der Waals surface area contributed by atoms with Crippen molar-refractivity contribution in [1.29, 1.82) is 0 Å². The number of anilines is 1. The minimum absolute atomic E-state index is 0.0355. The van der Waals surface area contributed by atoms with Gasteiger partial charge in [-0.25, -0.2) is 4.99 Å². The number of hydrogen-bond acceptors (Lipinski definition) is 6. The zero-order chi connectivity index (χ0) is 25.5. The van der Waals surface area contributed by atoms with E-state index in [1.807, 2.05) is 37.3 Å². The van der Waals surface area contributed by atoms with Crippen molar-refractivity contribution in [3.63, 3.8) is 0 Å². The first-order chi connectivity index (χ1) is 17.5. The highest BCUT2D eigenvalue weighted by atomic mass is 35.5. The Bertz CT molecular complexity index is 1270. The van der Waals surface area contributed by atoms with E-state index < -0.39 is 5.25 Å². The van der Waals surface area contributed by atoms with Crippen molar-refractivity contribution in [3.05, 3.63) is 83.4 Å². The van der Waals surface area contributed by atoms with E-state index in [1.165, 1.54) is 11.8 Å². The quantitative estimate of drug-likeness (QED) is 0.397. The number of nitrogens with one attached hydrogen (secondary N) is 1. The second-order valence-corrected chi connectivity index (χ2v) is 9.50. The van der Waals surface area contributed by atoms with Crippen LogP contribution in [0.25, 0.3) is 0 Å². The van der Waals surface area contributed by atoms with Crippen LogP contribution in [0.2, 0.25) is 5.02 Å². The summed E-state index contributed by atoms with van der Waals surface area (Å²) in [6, 6.07) is 21.7. The lowest BCUT2D eigenvalue weighted by atomic mass is 10.2. The number of hydrogen-bond donors (Lipinski definition) is 1. The predicted molar refractivity (Wildman–Crippen MR) is 144 cm³/mol. The van der Waals surface area contributed by atoms with Crippen LogP contribution < -0.4 is 14.8 Å². The highest BCUT2D eigenvalue weighted by molar-refractivity contribution is 8.15. The van der Waals surface area contributed by atoms with Gasteiger partial charge in [0, 0.05) is 23.2 Å². The Labute approximate surface area is 219 Å². The van der Waals surface area contributed by atoms with Gasteiger partial charge in [-0.2, -0.15) is 0 Å². The van der Waals surface area contributed by atoms with E-state index in [9.17, 15) is 9.59 Å². The number of amidine groups is 1. The molecule has 1 unspecified atom stereocenters. The van der Waals surface area contributed by atoms with Gasteiger partial charge in [0.1, 0.15) is 16.7 Å². The molecule has 9 heteroatoms. The van der Waals surface area contributed by atoms with Gasteiger partial charge in [0.2, 0.25) is 11.8 Å². The van der Waals surface area contributed by atoms with Crippen molar-refractivity contribution in [2.45, 2.75) is 25.1 Å². The molecule has 0 bridgehead atoms. The Morgan fingerprint density at radius 3 is 2.61 bits per heavy atom. The molecule has 4 rings (SSSR count). The fourth-order valence-corrected chi connectivity index (χ4v) is 4.91. The van der Waals surface area contributed by atoms with Crippen LogP contribution >= 0.6 is 23.4 Å². The van der Waals surface area contributed by atoms with Crippen molar-refractivity contribution < 1.29 is 19.1 Å². The minimum atomic E-state index is -0.646. The van der Waals surface area contributed by atoms with E-state index in [1.54, 1.807) is 54.5 Å². The molecule has 0 radical (unpaired) electrons. The van der Waals surface area contributed by atoms with Crippen LogP contribution in [0.3, 0.4) is 0 Å². The van der Waals surface area contributed by atoms with Gasteiger partial charge in [-0.1, -0.05) is 47.6 Å². The summed E-state index contributed by atoms with van der Waals surface area (Å²) >= 11 is 7.62. The Hall–Kier alpha value is -3.49. The molecule has 0 saturated carbocycles. The van der Waals surface area contributed by atoms with Gasteiger partial charge in [0.05, 0.1) is 25.9 Å². The summed E-state index contributed by atoms with van der Waals surface area (Å²) < 4.78 is 10.7. The zero-order valence-electron chi connectivity index (χ0n) is 19.9. The number of nitrogens with zero attached hydrogens (tertiary/aromatic N) is 2. The van der Waals surface area contributed by atoms with Gasteiger partial charge in [0.25, 0.3) is 0 Å². The lowest BCUT2D eigenvalue weighted by Gasteiger charge is -2.32. The molecule has 3 aromatic rings. The summed E-state index contributed by atoms with van der Waals surface area (Å²) in [6.07, 6.45) is 0.0355. The van der Waals surface area contributed by atoms with Gasteiger partial charge in [-0.05, 0) is 55.0 Å². The lowest BCUT2D eigenvalue weighted by Crippen LogP contribution is -2.44. The van der Waals surface area contributed by atoms with Crippen molar-refractivity contribution in [2.24, 2.45) is 4.99 Å². The number of thioether (sulfide) groups is 1. The van der Waals surface area contributed by atoms with E-state index in [4.69, 9.17) is 26.1 Å². The molecule has 2 amide bonds. The van der Waals surface area contributed by atoms with Gasteiger partial charge in [0.15, 0.2) is 5.17 Å². The van der Waals surface area contributed by atoms with Crippen molar-refractivity contribution in [1.82, 2.24) is 4.90 Å². The average molecular weight is 524 g/mol. The van der Waals surface area contributed by atoms with Crippen LogP contribution in [0.1, 0.15) is 18.9 Å². The van der Waals surface area contributed by atoms with E-state index in [2.05, 4.69) is 5.32 Å². The topological polar surface area (TPSA) is 80.2 Å². The van der Waals surface area contributed by atoms with Crippen LogP contribution in [0.5, 0.6) is 11.5 Å². The summed E-state index contributed by atoms with van der Waals surface area (Å²) in [5, 5.41) is 3.25. The molecule has 186 valence electrons. The maximum absolute atomic E-state index is 13.3. The summed E-state index contributed by atoms with van der Waals surface area (Å²) in [7, 11) is 1.59. The first-order valence-corrected chi connectivity index (χ1v) is 12.7. The number of benzene rings is 3. The minimum Gasteiger partial charge on any atom is -0.497 e. The van der Waals surface area contributed by atoms with Crippen LogP contribution in [-0.2, 0) is 16.1 Å². The highest BCUT2D eigenvalue weighted by Crippen LogP contribution is 2.32. The highest BCUT2D eigenvalue weighted by Gasteiger charge is 2.36. The van der Waals surface area contributed by atoms with Gasteiger partial charge in [-0.15, -0.1) is 0 Å². The second kappa shape index (κ2) is 12.0. The number of ether oxygens (including phenoxy) is 2. The molecule has 0 spiro atoms. The number of methoxy groups -OCH3 is 1. The van der Waals surface area contributed by atoms with E-state index >= 15 is 0 Å². The maximum Gasteiger partial charge on any atom is 0.238 e. The van der Waals surface area contributed by atoms with Crippen molar-refractivity contribution in [3.8, 4) is 11.5 Å². The van der Waals surface area contributed by atoms with Crippen molar-refractivity contribution >= 4 is 51.7 Å². The summed E-state index contributed by atoms with van der Waals surface area (Å²) in [5.74, 6) is 0.882. The predicted octanol–water partition coefficient (Wildman–Crippen LogP) is 5.91. The van der Waals surface area contributed by atoms with Gasteiger partial charge >= 0.3 is 0 Å². The van der Waals surface area contributed by atoms with Gasteiger partial charge in [-0.3, -0.25) is 14.5 Å². The molecule has 1 aliphatic heterocycles. The fraction of sp³-hybridized carbons (Fsp3) is 0.222. The largest absolute Gasteiger partial charge is 0.497 e. The third-order valence-electron chi connectivity index (χ3n) is 5.43. The van der Waals surface area contributed by atoms with Crippen LogP contribution in [-0.4, -0.2) is 40.8 Å². The normalized spacial score (nSPS) is 16.6. The number of halogens is 1. The number of rotatable bonds is 8. The molecule has 0 aliphatic carbocycles. The monoisotopic (exact) mass is 523 g/mol. The molecule has 0 aromatic heterocycles. The smallest absolute Gasteiger partial charge is 0.238 e. The van der Waals surface area contributed by atoms with E-state index in [0.717, 1.165) is 5.56 Å². The number of aliphatic imine (C=N–C) groups is 1. The second-order valence-electron chi connectivity index (χ2n) is 7.92. The third-order valence-corrected chi connectivity index (χ3v) is 6.98.